The van der Waals surface area contributed by atoms with Gasteiger partial charge in [-0.05, 0) is 0 Å². The number of aliphatic hydroxyl groups excluding tert-OH is 1. The van der Waals surface area contributed by atoms with Gasteiger partial charge >= 0.3 is 30.4 Å². The van der Waals surface area contributed by atoms with Crippen molar-refractivity contribution in [1.29, 1.82) is 0 Å². The fourth-order valence-electron chi connectivity index (χ4n) is 2.41. The normalized spacial score (nSPS) is 32.1. The maximum absolute atomic E-state index is 11.9. The lowest BCUT2D eigenvalue weighted by atomic mass is 10.1. The standard InChI is InChI=1S/C10H15N2O12P3/c1-5-3-12(10(15)11-9(5)14)8-2-6(13)7(22-8)4-21-26(18)24-27(19,20)23-25(16)17/h5-8,13H,2-4H2,1H3,(H-2,11,14,15,16,17,19,20)/p+2. The van der Waals surface area contributed by atoms with Gasteiger partial charge in [-0.25, -0.2) is 9.36 Å². The summed E-state index contributed by atoms with van der Waals surface area (Å²) in [6, 6.07) is -0.678. The van der Waals surface area contributed by atoms with Gasteiger partial charge in [-0.15, -0.1) is 9.42 Å². The second kappa shape index (κ2) is 9.06. The second-order valence-corrected chi connectivity index (χ2v) is 9.09. The molecule has 7 unspecified atom stereocenters. The zero-order valence-electron chi connectivity index (χ0n) is 13.7. The molecule has 152 valence electrons. The van der Waals surface area contributed by atoms with E-state index < -0.39 is 67.2 Å². The Kier molecular flexibility index (Phi) is 7.51. The monoisotopic (exact) mass is 450 g/mol. The molecule has 0 aliphatic carbocycles. The predicted molar refractivity (Wildman–Crippen MR) is 84.1 cm³/mol. The highest BCUT2D eigenvalue weighted by molar-refractivity contribution is 7.61. The largest absolute Gasteiger partial charge is 0.708 e. The molecular weight excluding hydrogens is 433 g/mol. The van der Waals surface area contributed by atoms with Crippen LogP contribution < -0.4 is 5.32 Å². The Balaban J connectivity index is 1.85. The average Bonchev–Trinajstić information content (AvgIpc) is 2.87. The van der Waals surface area contributed by atoms with Crippen LogP contribution in [0.25, 0.3) is 0 Å². The summed E-state index contributed by atoms with van der Waals surface area (Å²) in [5, 5.41) is 12.1. The molecule has 0 aromatic heterocycles. The molecule has 27 heavy (non-hydrogen) atoms. The SMILES string of the molecule is CC1CN(C2CC(O)C(CO[P+](=O)OP(=O)(O)O[P+](=O)O)O2)C(=O)NC1=O. The van der Waals surface area contributed by atoms with E-state index in [4.69, 9.17) is 14.5 Å². The number of nitrogens with zero attached hydrogens (tertiary/aromatic N) is 1. The number of rotatable bonds is 8. The third kappa shape index (κ3) is 6.30. The zero-order chi connectivity index (χ0) is 20.4. The number of urea groups is 1. The maximum Gasteiger partial charge on any atom is 0.708 e. The van der Waals surface area contributed by atoms with E-state index >= 15 is 0 Å². The van der Waals surface area contributed by atoms with Gasteiger partial charge in [0, 0.05) is 30.7 Å². The van der Waals surface area contributed by atoms with Crippen molar-refractivity contribution < 1.29 is 56.1 Å². The summed E-state index contributed by atoms with van der Waals surface area (Å²) in [7, 11) is -11.8. The topological polar surface area (TPSA) is 198 Å². The molecule has 7 atom stereocenters. The molecule has 0 bridgehead atoms. The van der Waals surface area contributed by atoms with Crippen LogP contribution in [0.1, 0.15) is 13.3 Å². The van der Waals surface area contributed by atoms with Crippen LogP contribution in [-0.2, 0) is 36.4 Å². The molecule has 17 heteroatoms. The van der Waals surface area contributed by atoms with Crippen LogP contribution >= 0.6 is 24.3 Å². The third-order valence-corrected chi connectivity index (χ3v) is 6.75. The molecule has 2 aliphatic rings. The van der Waals surface area contributed by atoms with Crippen molar-refractivity contribution in [2.75, 3.05) is 13.2 Å². The van der Waals surface area contributed by atoms with Crippen LogP contribution in [0.3, 0.4) is 0 Å². The fraction of sp³-hybridized carbons (Fsp3) is 0.800. The highest BCUT2D eigenvalue weighted by Gasteiger charge is 2.47. The van der Waals surface area contributed by atoms with Crippen LogP contribution in [0.5, 0.6) is 0 Å². The number of aliphatic hydroxyl groups is 1. The van der Waals surface area contributed by atoms with Crippen molar-refractivity contribution >= 4 is 36.3 Å². The smallest absolute Gasteiger partial charge is 0.390 e. The van der Waals surface area contributed by atoms with Crippen molar-refractivity contribution in [2.24, 2.45) is 5.92 Å². The Morgan fingerprint density at radius 1 is 1.37 bits per heavy atom. The number of carbonyl (C=O) groups is 2. The summed E-state index contributed by atoms with van der Waals surface area (Å²) >= 11 is 0. The molecule has 0 aromatic rings. The molecule has 0 radical (unpaired) electrons. The number of hydrogen-bond donors (Lipinski definition) is 4. The van der Waals surface area contributed by atoms with Crippen molar-refractivity contribution in [3.8, 4) is 0 Å². The van der Waals surface area contributed by atoms with E-state index in [0.29, 0.717) is 0 Å². The molecule has 2 fully saturated rings. The summed E-state index contributed by atoms with van der Waals surface area (Å²) in [6.45, 7) is 1.15. The van der Waals surface area contributed by atoms with Crippen LogP contribution in [0, 0.1) is 5.92 Å². The van der Waals surface area contributed by atoms with Crippen LogP contribution in [0.15, 0.2) is 0 Å². The first-order valence-corrected chi connectivity index (χ1v) is 11.1. The summed E-state index contributed by atoms with van der Waals surface area (Å²) in [4.78, 5) is 42.0. The van der Waals surface area contributed by atoms with E-state index in [1.807, 2.05) is 0 Å². The van der Waals surface area contributed by atoms with Gasteiger partial charge < -0.3 is 9.84 Å². The Morgan fingerprint density at radius 3 is 2.67 bits per heavy atom. The average molecular weight is 450 g/mol. The minimum Gasteiger partial charge on any atom is -0.390 e. The molecule has 14 nitrogen and oxygen atoms in total. The van der Waals surface area contributed by atoms with Gasteiger partial charge in [-0.3, -0.25) is 19.9 Å². The summed E-state index contributed by atoms with van der Waals surface area (Å²) < 4.78 is 50.8. The Bertz CT molecular complexity index is 688. The fourth-order valence-corrected chi connectivity index (χ4v) is 4.64. The van der Waals surface area contributed by atoms with E-state index in [-0.39, 0.29) is 13.0 Å². The molecule has 2 saturated heterocycles. The molecular formula is C10H17N2O12P3+2. The maximum atomic E-state index is 11.9. The summed E-state index contributed by atoms with van der Waals surface area (Å²) in [6.07, 6.45) is -3.05. The number of ether oxygens (including phenoxy) is 1. The first-order chi connectivity index (χ1) is 12.5. The van der Waals surface area contributed by atoms with Gasteiger partial charge in [-0.2, -0.15) is 0 Å². The number of amides is 3. The Labute approximate surface area is 154 Å². The van der Waals surface area contributed by atoms with Crippen molar-refractivity contribution in [1.82, 2.24) is 10.2 Å². The lowest BCUT2D eigenvalue weighted by Gasteiger charge is -2.34. The number of nitrogens with one attached hydrogen (secondary N) is 1. The molecule has 2 aliphatic heterocycles. The van der Waals surface area contributed by atoms with Gasteiger partial charge in [0.15, 0.2) is 0 Å². The van der Waals surface area contributed by atoms with Crippen molar-refractivity contribution in [3.63, 3.8) is 0 Å². The third-order valence-electron chi connectivity index (χ3n) is 3.65. The van der Waals surface area contributed by atoms with E-state index in [1.54, 1.807) is 6.92 Å². The van der Waals surface area contributed by atoms with Crippen molar-refractivity contribution in [2.45, 2.75) is 31.8 Å². The van der Waals surface area contributed by atoms with Gasteiger partial charge in [-0.1, -0.05) is 6.92 Å². The van der Waals surface area contributed by atoms with Gasteiger partial charge in [0.2, 0.25) is 5.91 Å². The predicted octanol–water partition coefficient (Wildman–Crippen LogP) is 0.107. The molecule has 2 heterocycles. The zero-order valence-corrected chi connectivity index (χ0v) is 16.4. The van der Waals surface area contributed by atoms with E-state index in [1.165, 1.54) is 4.90 Å². The van der Waals surface area contributed by atoms with Crippen LogP contribution in [-0.4, -0.2) is 63.3 Å². The number of hydrogen-bond acceptors (Lipinski definition) is 10. The molecule has 0 saturated carbocycles. The quantitative estimate of drug-likeness (QED) is 0.365. The molecule has 2 rings (SSSR count). The minimum atomic E-state index is -5.08. The first kappa shape index (κ1) is 22.4. The Morgan fingerprint density at radius 2 is 2.04 bits per heavy atom. The molecule has 0 spiro atoms. The second-order valence-electron chi connectivity index (χ2n) is 5.67. The van der Waals surface area contributed by atoms with Gasteiger partial charge in [0.1, 0.15) is 18.9 Å². The number of phosphoric acid groups is 1. The lowest BCUT2D eigenvalue weighted by Crippen LogP contribution is -2.57. The highest BCUT2D eigenvalue weighted by Crippen LogP contribution is 2.57. The molecule has 4 N–H and O–H groups in total. The van der Waals surface area contributed by atoms with E-state index in [9.17, 15) is 28.4 Å². The van der Waals surface area contributed by atoms with Gasteiger partial charge in [0.05, 0.1) is 12.0 Å². The summed E-state index contributed by atoms with van der Waals surface area (Å²) in [5.74, 6) is -0.901. The summed E-state index contributed by atoms with van der Waals surface area (Å²) in [5.41, 5.74) is 0. The van der Waals surface area contributed by atoms with Crippen LogP contribution in [0.2, 0.25) is 0 Å². The highest BCUT2D eigenvalue weighted by atomic mass is 31.3. The first-order valence-electron chi connectivity index (χ1n) is 7.42. The number of carbonyl (C=O) groups excluding carboxylic acids is 2. The van der Waals surface area contributed by atoms with E-state index in [0.717, 1.165) is 0 Å². The van der Waals surface area contributed by atoms with Crippen molar-refractivity contribution in [3.05, 3.63) is 0 Å². The molecule has 0 aromatic carbocycles. The number of imide groups is 1. The van der Waals surface area contributed by atoms with Crippen LogP contribution in [0.4, 0.5) is 4.79 Å². The Hall–Kier alpha value is -0.910. The lowest BCUT2D eigenvalue weighted by molar-refractivity contribution is -0.128. The van der Waals surface area contributed by atoms with E-state index in [2.05, 4.69) is 18.5 Å². The minimum absolute atomic E-state index is 0.00735. The molecule has 3 amide bonds. The van der Waals surface area contributed by atoms with Gasteiger partial charge in [0.25, 0.3) is 0 Å².